The van der Waals surface area contributed by atoms with Crippen molar-refractivity contribution in [2.24, 2.45) is 7.05 Å². The predicted octanol–water partition coefficient (Wildman–Crippen LogP) is 2.06. The summed E-state index contributed by atoms with van der Waals surface area (Å²) in [6.07, 6.45) is 0. The van der Waals surface area contributed by atoms with Gasteiger partial charge in [-0.3, -0.25) is 0 Å². The molecule has 2 rings (SSSR count). The van der Waals surface area contributed by atoms with Gasteiger partial charge in [-0.2, -0.15) is 0 Å². The molecule has 0 saturated carbocycles. The zero-order valence-corrected chi connectivity index (χ0v) is 9.81. The summed E-state index contributed by atoms with van der Waals surface area (Å²) in [5.41, 5.74) is 8.90. The summed E-state index contributed by atoms with van der Waals surface area (Å²) in [7, 11) is 3.18. The monoisotopic (exact) mass is 230 g/mol. The Morgan fingerprint density at radius 2 is 1.94 bits per heavy atom. The largest absolute Gasteiger partial charge is 0.464 e. The molecule has 0 aliphatic rings. The van der Waals surface area contributed by atoms with Crippen LogP contribution in [0.25, 0.3) is 11.3 Å². The van der Waals surface area contributed by atoms with Crippen molar-refractivity contribution >= 4 is 11.7 Å². The van der Waals surface area contributed by atoms with Crippen molar-refractivity contribution < 1.29 is 9.53 Å². The Morgan fingerprint density at radius 3 is 2.59 bits per heavy atom. The Morgan fingerprint density at radius 1 is 1.24 bits per heavy atom. The van der Waals surface area contributed by atoms with Crippen LogP contribution in [-0.4, -0.2) is 17.6 Å². The number of hydrogen-bond donors (Lipinski definition) is 1. The zero-order chi connectivity index (χ0) is 12.4. The molecule has 1 heterocycles. The molecule has 1 aromatic carbocycles. The van der Waals surface area contributed by atoms with E-state index >= 15 is 0 Å². The normalized spacial score (nSPS) is 10.2. The zero-order valence-electron chi connectivity index (χ0n) is 9.81. The van der Waals surface area contributed by atoms with E-state index in [-0.39, 0.29) is 5.97 Å². The first-order valence-electron chi connectivity index (χ1n) is 5.24. The predicted molar refractivity (Wildman–Crippen MR) is 66.6 cm³/mol. The lowest BCUT2D eigenvalue weighted by Gasteiger charge is -2.08. The fourth-order valence-electron chi connectivity index (χ4n) is 1.82. The molecule has 88 valence electrons. The first-order valence-corrected chi connectivity index (χ1v) is 5.24. The fourth-order valence-corrected chi connectivity index (χ4v) is 1.82. The minimum Gasteiger partial charge on any atom is -0.464 e. The SMILES string of the molecule is COC(=O)c1ccc(-c2ccccc2N)n1C. The number of ether oxygens (including phenoxy) is 1. The van der Waals surface area contributed by atoms with Gasteiger partial charge < -0.3 is 15.0 Å². The van der Waals surface area contributed by atoms with E-state index in [4.69, 9.17) is 10.5 Å². The number of benzene rings is 1. The number of hydrogen-bond acceptors (Lipinski definition) is 3. The molecule has 0 amide bonds. The van der Waals surface area contributed by atoms with Crippen LogP contribution in [0.5, 0.6) is 0 Å². The highest BCUT2D eigenvalue weighted by molar-refractivity contribution is 5.89. The Labute approximate surface area is 99.6 Å². The molecule has 0 saturated heterocycles. The highest BCUT2D eigenvalue weighted by atomic mass is 16.5. The van der Waals surface area contributed by atoms with E-state index in [1.165, 1.54) is 7.11 Å². The van der Waals surface area contributed by atoms with Gasteiger partial charge >= 0.3 is 5.97 Å². The Kier molecular flexibility index (Phi) is 2.87. The quantitative estimate of drug-likeness (QED) is 0.634. The number of rotatable bonds is 2. The van der Waals surface area contributed by atoms with Crippen molar-refractivity contribution in [1.29, 1.82) is 0 Å². The van der Waals surface area contributed by atoms with Crippen LogP contribution in [0.4, 0.5) is 5.69 Å². The summed E-state index contributed by atoms with van der Waals surface area (Å²) in [5.74, 6) is -0.353. The first kappa shape index (κ1) is 11.3. The maximum Gasteiger partial charge on any atom is 0.354 e. The second kappa shape index (κ2) is 4.33. The first-order chi connectivity index (χ1) is 8.15. The van der Waals surface area contributed by atoms with Gasteiger partial charge in [-0.05, 0) is 18.2 Å². The molecular formula is C13H14N2O2. The lowest BCUT2D eigenvalue weighted by atomic mass is 10.1. The highest BCUT2D eigenvalue weighted by Gasteiger charge is 2.14. The number of carbonyl (C=O) groups excluding carboxylic acids is 1. The van der Waals surface area contributed by atoms with E-state index in [2.05, 4.69) is 0 Å². The van der Waals surface area contributed by atoms with Gasteiger partial charge in [0.2, 0.25) is 0 Å². The van der Waals surface area contributed by atoms with Crippen LogP contribution in [0.15, 0.2) is 36.4 Å². The molecule has 0 atom stereocenters. The number of esters is 1. The van der Waals surface area contributed by atoms with Crippen LogP contribution < -0.4 is 5.73 Å². The van der Waals surface area contributed by atoms with E-state index in [1.807, 2.05) is 37.4 Å². The number of aromatic nitrogens is 1. The summed E-state index contributed by atoms with van der Waals surface area (Å²) in [5, 5.41) is 0. The van der Waals surface area contributed by atoms with E-state index in [1.54, 1.807) is 10.6 Å². The minimum atomic E-state index is -0.353. The summed E-state index contributed by atoms with van der Waals surface area (Å²) in [6, 6.07) is 11.1. The molecule has 2 N–H and O–H groups in total. The second-order valence-corrected chi connectivity index (χ2v) is 3.74. The summed E-state index contributed by atoms with van der Waals surface area (Å²) in [4.78, 5) is 11.5. The Hall–Kier alpha value is -2.23. The third-order valence-electron chi connectivity index (χ3n) is 2.75. The molecule has 17 heavy (non-hydrogen) atoms. The van der Waals surface area contributed by atoms with Gasteiger partial charge in [-0.25, -0.2) is 4.79 Å². The van der Waals surface area contributed by atoms with Crippen LogP contribution in [0.3, 0.4) is 0 Å². The number of nitrogen functional groups attached to an aromatic ring is 1. The molecule has 4 nitrogen and oxygen atoms in total. The van der Waals surface area contributed by atoms with E-state index < -0.39 is 0 Å². The summed E-state index contributed by atoms with van der Waals surface area (Å²) in [6.45, 7) is 0. The van der Waals surface area contributed by atoms with Crippen molar-refractivity contribution in [1.82, 2.24) is 4.57 Å². The Balaban J connectivity index is 2.52. The molecule has 0 aliphatic carbocycles. The third kappa shape index (κ3) is 1.89. The summed E-state index contributed by atoms with van der Waals surface area (Å²) >= 11 is 0. The van der Waals surface area contributed by atoms with Gasteiger partial charge in [0.25, 0.3) is 0 Å². The fraction of sp³-hybridized carbons (Fsp3) is 0.154. The number of anilines is 1. The number of nitrogens with two attached hydrogens (primary N) is 1. The molecule has 0 spiro atoms. The van der Waals surface area contributed by atoms with Crippen LogP contribution in [0, 0.1) is 0 Å². The maximum atomic E-state index is 11.5. The molecule has 1 aromatic heterocycles. The van der Waals surface area contributed by atoms with Crippen molar-refractivity contribution in [3.63, 3.8) is 0 Å². The highest BCUT2D eigenvalue weighted by Crippen LogP contribution is 2.26. The number of carbonyl (C=O) groups is 1. The minimum absolute atomic E-state index is 0.353. The smallest absolute Gasteiger partial charge is 0.354 e. The standard InChI is InChI=1S/C13H14N2O2/c1-15-11(7-8-12(15)13(16)17-2)9-5-3-4-6-10(9)14/h3-8H,14H2,1-2H3. The summed E-state index contributed by atoms with van der Waals surface area (Å²) < 4.78 is 6.48. The lowest BCUT2D eigenvalue weighted by Crippen LogP contribution is -2.08. The molecular weight excluding hydrogens is 216 g/mol. The topological polar surface area (TPSA) is 57.2 Å². The number of methoxy groups -OCH3 is 1. The van der Waals surface area contributed by atoms with Crippen LogP contribution >= 0.6 is 0 Å². The molecule has 2 aromatic rings. The molecule has 4 heteroatoms. The molecule has 0 bridgehead atoms. The molecule has 0 radical (unpaired) electrons. The second-order valence-electron chi connectivity index (χ2n) is 3.74. The van der Waals surface area contributed by atoms with Gasteiger partial charge in [0.15, 0.2) is 0 Å². The van der Waals surface area contributed by atoms with Gasteiger partial charge in [0.1, 0.15) is 5.69 Å². The van der Waals surface area contributed by atoms with E-state index in [0.29, 0.717) is 11.4 Å². The van der Waals surface area contributed by atoms with Crippen molar-refractivity contribution in [3.05, 3.63) is 42.1 Å². The third-order valence-corrected chi connectivity index (χ3v) is 2.75. The number of para-hydroxylation sites is 1. The lowest BCUT2D eigenvalue weighted by molar-refractivity contribution is 0.0590. The van der Waals surface area contributed by atoms with Crippen LogP contribution in [0.1, 0.15) is 10.5 Å². The maximum absolute atomic E-state index is 11.5. The van der Waals surface area contributed by atoms with Gasteiger partial charge in [-0.15, -0.1) is 0 Å². The molecule has 0 aliphatic heterocycles. The van der Waals surface area contributed by atoms with Crippen LogP contribution in [0.2, 0.25) is 0 Å². The van der Waals surface area contributed by atoms with Crippen molar-refractivity contribution in [2.75, 3.05) is 12.8 Å². The van der Waals surface area contributed by atoms with Gasteiger partial charge in [0.05, 0.1) is 12.8 Å². The van der Waals surface area contributed by atoms with E-state index in [0.717, 1.165) is 11.3 Å². The van der Waals surface area contributed by atoms with E-state index in [9.17, 15) is 4.79 Å². The van der Waals surface area contributed by atoms with Crippen molar-refractivity contribution in [3.8, 4) is 11.3 Å². The number of nitrogens with zero attached hydrogens (tertiary/aromatic N) is 1. The van der Waals surface area contributed by atoms with Crippen LogP contribution in [-0.2, 0) is 11.8 Å². The van der Waals surface area contributed by atoms with Gasteiger partial charge in [-0.1, -0.05) is 18.2 Å². The average molecular weight is 230 g/mol. The molecule has 0 fully saturated rings. The average Bonchev–Trinajstić information content (AvgIpc) is 2.71. The van der Waals surface area contributed by atoms with Gasteiger partial charge in [0, 0.05) is 18.3 Å². The van der Waals surface area contributed by atoms with Crippen molar-refractivity contribution in [2.45, 2.75) is 0 Å². The Bertz CT molecular complexity index is 558. The molecule has 0 unspecified atom stereocenters.